The second-order valence-electron chi connectivity index (χ2n) is 5.13. The normalized spacial score (nSPS) is 18.5. The molecule has 0 aliphatic carbocycles. The molecule has 0 radical (unpaired) electrons. The summed E-state index contributed by atoms with van der Waals surface area (Å²) in [5.74, 6) is 1.09. The first-order chi connectivity index (χ1) is 9.65. The average molecular weight is 271 g/mol. The Kier molecular flexibility index (Phi) is 3.22. The predicted molar refractivity (Wildman–Crippen MR) is 73.2 cm³/mol. The zero-order chi connectivity index (χ0) is 14.1. The summed E-state index contributed by atoms with van der Waals surface area (Å²) >= 11 is 0. The first-order valence-electron chi connectivity index (χ1n) is 6.72. The Balaban J connectivity index is 1.74. The molecule has 2 aromatic rings. The van der Waals surface area contributed by atoms with Crippen molar-refractivity contribution in [3.63, 3.8) is 0 Å². The van der Waals surface area contributed by atoms with E-state index in [1.165, 1.54) is 0 Å². The Hall–Kier alpha value is -2.24. The van der Waals surface area contributed by atoms with Gasteiger partial charge in [-0.2, -0.15) is 5.10 Å². The minimum atomic E-state index is 0.0279. The molecule has 0 N–H and O–H groups in total. The van der Waals surface area contributed by atoms with E-state index in [0.29, 0.717) is 12.2 Å². The van der Waals surface area contributed by atoms with E-state index in [4.69, 9.17) is 0 Å². The summed E-state index contributed by atoms with van der Waals surface area (Å²) in [6.07, 6.45) is 4.33. The molecule has 6 nitrogen and oxygen atoms in total. The van der Waals surface area contributed by atoms with Crippen LogP contribution in [0.3, 0.4) is 0 Å². The van der Waals surface area contributed by atoms with E-state index in [0.717, 1.165) is 24.5 Å². The number of carbonyl (C=O) groups excluding carboxylic acids is 1. The van der Waals surface area contributed by atoms with Crippen LogP contribution >= 0.6 is 0 Å². The molecule has 1 fully saturated rings. The van der Waals surface area contributed by atoms with E-state index in [1.54, 1.807) is 30.2 Å². The van der Waals surface area contributed by atoms with Gasteiger partial charge in [0.1, 0.15) is 11.5 Å². The van der Waals surface area contributed by atoms with Crippen molar-refractivity contribution in [1.29, 1.82) is 0 Å². The molecule has 6 heteroatoms. The molecule has 1 aliphatic heterocycles. The van der Waals surface area contributed by atoms with Crippen LogP contribution in [0.4, 0.5) is 0 Å². The number of hydrogen-bond acceptors (Lipinski definition) is 4. The number of aromatic nitrogens is 4. The summed E-state index contributed by atoms with van der Waals surface area (Å²) in [6, 6.07) is 3.63. The van der Waals surface area contributed by atoms with Gasteiger partial charge in [0, 0.05) is 44.1 Å². The predicted octanol–water partition coefficient (Wildman–Crippen LogP) is 1.15. The lowest BCUT2D eigenvalue weighted by molar-refractivity contribution is 0.0779. The fourth-order valence-corrected chi connectivity index (χ4v) is 2.57. The summed E-state index contributed by atoms with van der Waals surface area (Å²) in [5.41, 5.74) is 1.59. The molecule has 1 aliphatic rings. The molecule has 1 amide bonds. The van der Waals surface area contributed by atoms with Crippen LogP contribution in [0.25, 0.3) is 0 Å². The average Bonchev–Trinajstić information content (AvgIpc) is 3.07. The van der Waals surface area contributed by atoms with Crippen molar-refractivity contribution in [2.24, 2.45) is 7.05 Å². The summed E-state index contributed by atoms with van der Waals surface area (Å²) in [7, 11) is 1.78. The van der Waals surface area contributed by atoms with Gasteiger partial charge in [0.25, 0.3) is 5.91 Å². The molecular formula is C14H17N5O. The maximum Gasteiger partial charge on any atom is 0.272 e. The highest BCUT2D eigenvalue weighted by atomic mass is 16.2. The minimum Gasteiger partial charge on any atom is -0.337 e. The van der Waals surface area contributed by atoms with Crippen molar-refractivity contribution in [3.05, 3.63) is 41.7 Å². The first kappa shape index (κ1) is 12.8. The van der Waals surface area contributed by atoms with Gasteiger partial charge in [0.05, 0.1) is 0 Å². The van der Waals surface area contributed by atoms with E-state index in [9.17, 15) is 4.79 Å². The van der Waals surface area contributed by atoms with Gasteiger partial charge >= 0.3 is 0 Å². The van der Waals surface area contributed by atoms with Crippen LogP contribution in [-0.2, 0) is 7.05 Å². The molecule has 0 aromatic carbocycles. The van der Waals surface area contributed by atoms with E-state index in [1.807, 2.05) is 17.9 Å². The molecule has 0 saturated carbocycles. The Labute approximate surface area is 117 Å². The maximum absolute atomic E-state index is 12.4. The van der Waals surface area contributed by atoms with E-state index < -0.39 is 0 Å². The third-order valence-corrected chi connectivity index (χ3v) is 3.69. The van der Waals surface area contributed by atoms with Crippen molar-refractivity contribution < 1.29 is 4.79 Å². The van der Waals surface area contributed by atoms with Crippen molar-refractivity contribution in [3.8, 4) is 0 Å². The van der Waals surface area contributed by atoms with Gasteiger partial charge in [0.2, 0.25) is 0 Å². The SMILES string of the molecule is Cc1ccnc([C@@H]2CCN(C(=O)c3ccnn3C)C2)n1. The number of nitrogens with zero attached hydrogens (tertiary/aromatic N) is 5. The standard InChI is InChI=1S/C14H17N5O/c1-10-3-6-15-13(17-10)11-5-8-19(9-11)14(20)12-4-7-16-18(12)2/h3-4,6-7,11H,5,8-9H2,1-2H3/t11-/m1/s1. The highest BCUT2D eigenvalue weighted by molar-refractivity contribution is 5.92. The topological polar surface area (TPSA) is 63.9 Å². The number of likely N-dealkylation sites (tertiary alicyclic amines) is 1. The molecule has 1 saturated heterocycles. The first-order valence-corrected chi connectivity index (χ1v) is 6.72. The summed E-state index contributed by atoms with van der Waals surface area (Å²) in [5, 5.41) is 4.04. The van der Waals surface area contributed by atoms with Crippen LogP contribution in [0.15, 0.2) is 24.5 Å². The third-order valence-electron chi connectivity index (χ3n) is 3.69. The van der Waals surface area contributed by atoms with Crippen LogP contribution in [0.2, 0.25) is 0 Å². The molecular weight excluding hydrogens is 254 g/mol. The van der Waals surface area contributed by atoms with Crippen molar-refractivity contribution in [2.45, 2.75) is 19.3 Å². The second kappa shape index (κ2) is 5.03. The number of aryl methyl sites for hydroxylation is 2. The zero-order valence-corrected chi connectivity index (χ0v) is 11.7. The number of hydrogen-bond donors (Lipinski definition) is 0. The van der Waals surface area contributed by atoms with E-state index >= 15 is 0 Å². The monoisotopic (exact) mass is 271 g/mol. The number of amides is 1. The Bertz CT molecular complexity index is 636. The lowest BCUT2D eigenvalue weighted by Gasteiger charge is -2.16. The molecule has 0 bridgehead atoms. The Morgan fingerprint density at radius 3 is 2.90 bits per heavy atom. The van der Waals surface area contributed by atoms with Gasteiger partial charge < -0.3 is 4.90 Å². The third kappa shape index (κ3) is 2.29. The summed E-state index contributed by atoms with van der Waals surface area (Å²) in [4.78, 5) is 23.0. The molecule has 0 spiro atoms. The van der Waals surface area contributed by atoms with Crippen LogP contribution in [-0.4, -0.2) is 43.6 Å². The molecule has 3 heterocycles. The van der Waals surface area contributed by atoms with Gasteiger partial charge in [0.15, 0.2) is 0 Å². The summed E-state index contributed by atoms with van der Waals surface area (Å²) in [6.45, 7) is 3.37. The van der Waals surface area contributed by atoms with Crippen molar-refractivity contribution in [1.82, 2.24) is 24.6 Å². The molecule has 3 rings (SSSR count). The lowest BCUT2D eigenvalue weighted by Crippen LogP contribution is -2.30. The molecule has 2 aromatic heterocycles. The van der Waals surface area contributed by atoms with Crippen LogP contribution in [0.1, 0.15) is 34.3 Å². The quantitative estimate of drug-likeness (QED) is 0.822. The molecule has 20 heavy (non-hydrogen) atoms. The Morgan fingerprint density at radius 2 is 2.20 bits per heavy atom. The fraction of sp³-hybridized carbons (Fsp3) is 0.429. The minimum absolute atomic E-state index is 0.0279. The molecule has 1 atom stereocenters. The molecule has 104 valence electrons. The van der Waals surface area contributed by atoms with Crippen molar-refractivity contribution in [2.75, 3.05) is 13.1 Å². The van der Waals surface area contributed by atoms with Crippen molar-refractivity contribution >= 4 is 5.91 Å². The van der Waals surface area contributed by atoms with Gasteiger partial charge in [-0.05, 0) is 25.5 Å². The summed E-state index contributed by atoms with van der Waals surface area (Å²) < 4.78 is 1.61. The Morgan fingerprint density at radius 1 is 1.35 bits per heavy atom. The van der Waals surface area contributed by atoms with E-state index in [2.05, 4.69) is 15.1 Å². The van der Waals surface area contributed by atoms with Gasteiger partial charge in [-0.3, -0.25) is 9.48 Å². The zero-order valence-electron chi connectivity index (χ0n) is 11.7. The fourth-order valence-electron chi connectivity index (χ4n) is 2.57. The highest BCUT2D eigenvalue weighted by Crippen LogP contribution is 2.25. The molecule has 0 unspecified atom stereocenters. The smallest absolute Gasteiger partial charge is 0.272 e. The largest absolute Gasteiger partial charge is 0.337 e. The lowest BCUT2D eigenvalue weighted by atomic mass is 10.1. The number of rotatable bonds is 2. The second-order valence-corrected chi connectivity index (χ2v) is 5.13. The van der Waals surface area contributed by atoms with Crippen LogP contribution in [0, 0.1) is 6.92 Å². The van der Waals surface area contributed by atoms with Gasteiger partial charge in [-0.15, -0.1) is 0 Å². The van der Waals surface area contributed by atoms with Crippen LogP contribution in [0.5, 0.6) is 0 Å². The van der Waals surface area contributed by atoms with Gasteiger partial charge in [-0.25, -0.2) is 9.97 Å². The number of carbonyl (C=O) groups is 1. The highest BCUT2D eigenvalue weighted by Gasteiger charge is 2.30. The maximum atomic E-state index is 12.4. The van der Waals surface area contributed by atoms with Gasteiger partial charge in [-0.1, -0.05) is 0 Å². The van der Waals surface area contributed by atoms with E-state index in [-0.39, 0.29) is 11.8 Å². The van der Waals surface area contributed by atoms with Crippen LogP contribution < -0.4 is 0 Å².